The second-order valence-corrected chi connectivity index (χ2v) is 5.92. The van der Waals surface area contributed by atoms with Crippen LogP contribution >= 0.6 is 23.2 Å². The molecule has 2 rings (SSSR count). The first-order valence-electron chi connectivity index (χ1n) is 6.97. The molecule has 2 aromatic rings. The molecule has 0 unspecified atom stereocenters. The van der Waals surface area contributed by atoms with Gasteiger partial charge >= 0.3 is 5.97 Å². The van der Waals surface area contributed by atoms with Gasteiger partial charge < -0.3 is 10.4 Å². The molecule has 6 heteroatoms. The highest BCUT2D eigenvalue weighted by molar-refractivity contribution is 6.42. The fraction of sp³-hybridized carbons (Fsp3) is 0.176. The average Bonchev–Trinajstić information content (AvgIpc) is 2.51. The number of benzene rings is 2. The summed E-state index contributed by atoms with van der Waals surface area (Å²) in [5, 5.41) is 12.4. The van der Waals surface area contributed by atoms with Gasteiger partial charge in [0.25, 0.3) is 0 Å². The van der Waals surface area contributed by atoms with Crippen LogP contribution in [0.25, 0.3) is 0 Å². The Hall–Kier alpha value is -2.04. The molecule has 1 amide bonds. The summed E-state index contributed by atoms with van der Waals surface area (Å²) in [6.45, 7) is 0. The SMILES string of the molecule is O=C(O)C[C@H](Cc1ccccc1)C(=O)Nc1ccc(Cl)c(Cl)c1. The number of carbonyl (C=O) groups is 2. The van der Waals surface area contributed by atoms with Gasteiger partial charge in [0.05, 0.1) is 22.4 Å². The first-order chi connectivity index (χ1) is 11.0. The van der Waals surface area contributed by atoms with Crippen LogP contribution in [-0.4, -0.2) is 17.0 Å². The fourth-order valence-corrected chi connectivity index (χ4v) is 2.48. The van der Waals surface area contributed by atoms with Crippen LogP contribution in [-0.2, 0) is 16.0 Å². The van der Waals surface area contributed by atoms with E-state index < -0.39 is 11.9 Å². The summed E-state index contributed by atoms with van der Waals surface area (Å²) >= 11 is 11.7. The maximum absolute atomic E-state index is 12.4. The van der Waals surface area contributed by atoms with Gasteiger partial charge in [-0.3, -0.25) is 9.59 Å². The molecule has 0 aromatic heterocycles. The number of carboxylic acids is 1. The van der Waals surface area contributed by atoms with E-state index in [9.17, 15) is 9.59 Å². The summed E-state index contributed by atoms with van der Waals surface area (Å²) in [6.07, 6.45) is 0.0995. The van der Waals surface area contributed by atoms with Crippen LogP contribution in [0.2, 0.25) is 10.0 Å². The summed E-state index contributed by atoms with van der Waals surface area (Å²) in [4.78, 5) is 23.4. The van der Waals surface area contributed by atoms with Crippen LogP contribution in [0.15, 0.2) is 48.5 Å². The topological polar surface area (TPSA) is 66.4 Å². The van der Waals surface area contributed by atoms with Gasteiger partial charge in [-0.25, -0.2) is 0 Å². The van der Waals surface area contributed by atoms with Crippen molar-refractivity contribution in [2.45, 2.75) is 12.8 Å². The first kappa shape index (κ1) is 17.3. The average molecular weight is 352 g/mol. The Labute approximate surface area is 144 Å². The Balaban J connectivity index is 2.12. The second-order valence-electron chi connectivity index (χ2n) is 5.10. The van der Waals surface area contributed by atoms with Crippen LogP contribution in [0.3, 0.4) is 0 Å². The summed E-state index contributed by atoms with van der Waals surface area (Å²) in [5.41, 5.74) is 1.39. The minimum Gasteiger partial charge on any atom is -0.481 e. The largest absolute Gasteiger partial charge is 0.481 e. The molecule has 0 aliphatic rings. The number of rotatable bonds is 6. The molecule has 0 aliphatic carbocycles. The number of carboxylic acid groups (broad SMARTS) is 1. The number of hydrogen-bond acceptors (Lipinski definition) is 2. The minimum absolute atomic E-state index is 0.248. The summed E-state index contributed by atoms with van der Waals surface area (Å²) in [5.74, 6) is -2.06. The van der Waals surface area contributed by atoms with Gasteiger partial charge in [-0.05, 0) is 30.2 Å². The fourth-order valence-electron chi connectivity index (χ4n) is 2.19. The molecule has 2 aromatic carbocycles. The van der Waals surface area contributed by atoms with Crippen molar-refractivity contribution in [1.29, 1.82) is 0 Å². The Morgan fingerprint density at radius 2 is 1.74 bits per heavy atom. The van der Waals surface area contributed by atoms with Gasteiger partial charge in [-0.15, -0.1) is 0 Å². The third-order valence-electron chi connectivity index (χ3n) is 3.30. The van der Waals surface area contributed by atoms with E-state index in [1.54, 1.807) is 12.1 Å². The van der Waals surface area contributed by atoms with Gasteiger partial charge in [0.1, 0.15) is 0 Å². The number of anilines is 1. The van der Waals surface area contributed by atoms with E-state index in [4.69, 9.17) is 28.3 Å². The van der Waals surface area contributed by atoms with Crippen molar-refractivity contribution in [1.82, 2.24) is 0 Å². The number of carbonyl (C=O) groups excluding carboxylic acids is 1. The van der Waals surface area contributed by atoms with Gasteiger partial charge in [0, 0.05) is 5.69 Å². The lowest BCUT2D eigenvalue weighted by atomic mass is 9.95. The molecule has 0 saturated carbocycles. The van der Waals surface area contributed by atoms with Gasteiger partial charge in [0.2, 0.25) is 5.91 Å². The lowest BCUT2D eigenvalue weighted by Crippen LogP contribution is -2.27. The maximum Gasteiger partial charge on any atom is 0.304 e. The van der Waals surface area contributed by atoms with E-state index in [2.05, 4.69) is 5.32 Å². The highest BCUT2D eigenvalue weighted by Gasteiger charge is 2.22. The Morgan fingerprint density at radius 3 is 2.35 bits per heavy atom. The zero-order valence-electron chi connectivity index (χ0n) is 12.1. The predicted octanol–water partition coefficient (Wildman–Crippen LogP) is 4.27. The smallest absolute Gasteiger partial charge is 0.304 e. The van der Waals surface area contributed by atoms with Gasteiger partial charge in [-0.2, -0.15) is 0 Å². The molecule has 23 heavy (non-hydrogen) atoms. The summed E-state index contributed by atoms with van der Waals surface area (Å²) in [6, 6.07) is 14.0. The Bertz CT molecular complexity index is 704. The van der Waals surface area contributed by atoms with Crippen molar-refractivity contribution in [3.8, 4) is 0 Å². The third kappa shape index (κ3) is 5.27. The van der Waals surface area contributed by atoms with Crippen LogP contribution in [0.4, 0.5) is 5.69 Å². The molecule has 120 valence electrons. The molecule has 0 heterocycles. The molecule has 1 atom stereocenters. The van der Waals surface area contributed by atoms with Crippen LogP contribution in [0.5, 0.6) is 0 Å². The summed E-state index contributed by atoms with van der Waals surface area (Å²) < 4.78 is 0. The minimum atomic E-state index is -1.02. The van der Waals surface area contributed by atoms with Crippen molar-refractivity contribution in [3.05, 3.63) is 64.1 Å². The normalized spacial score (nSPS) is 11.7. The lowest BCUT2D eigenvalue weighted by molar-refractivity contribution is -0.140. The molecule has 2 N–H and O–H groups in total. The number of aliphatic carboxylic acids is 1. The van der Waals surface area contributed by atoms with E-state index in [1.807, 2.05) is 30.3 Å². The second kappa shape index (κ2) is 7.99. The number of amides is 1. The van der Waals surface area contributed by atoms with Crippen molar-refractivity contribution in [3.63, 3.8) is 0 Å². The quantitative estimate of drug-likeness (QED) is 0.816. The number of nitrogens with one attached hydrogen (secondary N) is 1. The monoisotopic (exact) mass is 351 g/mol. The number of halogens is 2. The van der Waals surface area contributed by atoms with Crippen molar-refractivity contribution >= 4 is 40.8 Å². The van der Waals surface area contributed by atoms with Crippen molar-refractivity contribution < 1.29 is 14.7 Å². The molecular weight excluding hydrogens is 337 g/mol. The molecular formula is C17H15Cl2NO3. The maximum atomic E-state index is 12.4. The van der Waals surface area contributed by atoms with E-state index in [-0.39, 0.29) is 12.3 Å². The third-order valence-corrected chi connectivity index (χ3v) is 4.04. The zero-order chi connectivity index (χ0) is 16.8. The standard InChI is InChI=1S/C17H15Cl2NO3/c18-14-7-6-13(10-15(14)19)20-17(23)12(9-16(21)22)8-11-4-2-1-3-5-11/h1-7,10,12H,8-9H2,(H,20,23)(H,21,22)/t12-/m0/s1. The Kier molecular flexibility index (Phi) is 6.02. The van der Waals surface area contributed by atoms with Gasteiger partial charge in [0.15, 0.2) is 0 Å². The van der Waals surface area contributed by atoms with E-state index in [0.29, 0.717) is 22.2 Å². The highest BCUT2D eigenvalue weighted by Crippen LogP contribution is 2.25. The molecule has 0 fully saturated rings. The van der Waals surface area contributed by atoms with Crippen molar-refractivity contribution in [2.75, 3.05) is 5.32 Å². The molecule has 0 bridgehead atoms. The molecule has 0 radical (unpaired) electrons. The van der Waals surface area contributed by atoms with Crippen LogP contribution in [0, 0.1) is 5.92 Å². The van der Waals surface area contributed by atoms with Crippen LogP contribution < -0.4 is 5.32 Å². The summed E-state index contributed by atoms with van der Waals surface area (Å²) in [7, 11) is 0. The number of hydrogen-bond donors (Lipinski definition) is 2. The van der Waals surface area contributed by atoms with E-state index in [0.717, 1.165) is 5.56 Å². The van der Waals surface area contributed by atoms with E-state index >= 15 is 0 Å². The first-order valence-corrected chi connectivity index (χ1v) is 7.73. The predicted molar refractivity (Wildman–Crippen MR) is 91.0 cm³/mol. The molecule has 0 aliphatic heterocycles. The lowest BCUT2D eigenvalue weighted by Gasteiger charge is -2.15. The molecule has 4 nitrogen and oxygen atoms in total. The van der Waals surface area contributed by atoms with Crippen LogP contribution in [0.1, 0.15) is 12.0 Å². The Morgan fingerprint density at radius 1 is 1.04 bits per heavy atom. The van der Waals surface area contributed by atoms with E-state index in [1.165, 1.54) is 6.07 Å². The molecule has 0 saturated heterocycles. The zero-order valence-corrected chi connectivity index (χ0v) is 13.6. The highest BCUT2D eigenvalue weighted by atomic mass is 35.5. The van der Waals surface area contributed by atoms with Crippen molar-refractivity contribution in [2.24, 2.45) is 5.92 Å². The van der Waals surface area contributed by atoms with Gasteiger partial charge in [-0.1, -0.05) is 53.5 Å². The molecule has 0 spiro atoms.